The van der Waals surface area contributed by atoms with Gasteiger partial charge in [-0.1, -0.05) is 29.8 Å². The first-order valence-electron chi connectivity index (χ1n) is 6.51. The Morgan fingerprint density at radius 2 is 2.14 bits per heavy atom. The number of nitrogens with zero attached hydrogens (tertiary/aromatic N) is 3. The van der Waals surface area contributed by atoms with E-state index in [9.17, 15) is 0 Å². The molecule has 0 saturated heterocycles. The van der Waals surface area contributed by atoms with Gasteiger partial charge >= 0.3 is 0 Å². The molecule has 1 aromatic heterocycles. The summed E-state index contributed by atoms with van der Waals surface area (Å²) in [5.74, 6) is 0. The fraction of sp³-hybridized carbons (Fsp3) is 0.214. The van der Waals surface area contributed by atoms with Crippen molar-refractivity contribution in [2.75, 3.05) is 6.54 Å². The molecule has 0 spiro atoms. The van der Waals surface area contributed by atoms with Crippen molar-refractivity contribution in [1.82, 2.24) is 20.5 Å². The van der Waals surface area contributed by atoms with Crippen molar-refractivity contribution < 1.29 is 0 Å². The summed E-state index contributed by atoms with van der Waals surface area (Å²) in [4.78, 5) is 0. The van der Waals surface area contributed by atoms with E-state index in [2.05, 4.69) is 20.9 Å². The molecule has 1 aromatic carbocycles. The zero-order chi connectivity index (χ0) is 15.2. The minimum absolute atomic E-state index is 0.399. The second-order valence-electron chi connectivity index (χ2n) is 4.27. The van der Waals surface area contributed by atoms with Crippen LogP contribution in [0.2, 0.25) is 5.15 Å². The molecular weight excluding hydrogens is 306 g/mol. The first-order chi connectivity index (χ1) is 10.1. The third-order valence-corrected chi connectivity index (χ3v) is 3.33. The number of nitrogens with one attached hydrogen (secondary N) is 2. The average molecular weight is 322 g/mol. The zero-order valence-electron chi connectivity index (χ0n) is 11.8. The van der Waals surface area contributed by atoms with E-state index < -0.39 is 0 Å². The van der Waals surface area contributed by atoms with Crippen LogP contribution in [0.3, 0.4) is 0 Å². The molecule has 0 radical (unpaired) electrons. The zero-order valence-corrected chi connectivity index (χ0v) is 13.4. The largest absolute Gasteiger partial charge is 0.362 e. The quantitative estimate of drug-likeness (QED) is 0.516. The van der Waals surface area contributed by atoms with Gasteiger partial charge in [-0.05, 0) is 38.2 Å². The number of hydrogen-bond donors (Lipinski definition) is 2. The molecule has 2 aromatic rings. The van der Waals surface area contributed by atoms with Gasteiger partial charge in [0.25, 0.3) is 0 Å². The van der Waals surface area contributed by atoms with E-state index in [1.54, 1.807) is 10.9 Å². The molecule has 110 valence electrons. The highest BCUT2D eigenvalue weighted by Gasteiger charge is 2.12. The number of thiocarbonyl (C=S) groups is 1. The van der Waals surface area contributed by atoms with Gasteiger partial charge in [0.05, 0.1) is 23.2 Å². The summed E-state index contributed by atoms with van der Waals surface area (Å²) >= 11 is 11.2. The molecule has 2 N–H and O–H groups in total. The molecular formula is C14H16ClN5S. The first kappa shape index (κ1) is 15.5. The highest BCUT2D eigenvalue weighted by atomic mass is 35.5. The Kier molecular flexibility index (Phi) is 5.30. The molecule has 1 heterocycles. The summed E-state index contributed by atoms with van der Waals surface area (Å²) in [5, 5.41) is 12.2. The van der Waals surface area contributed by atoms with Crippen LogP contribution in [-0.2, 0) is 0 Å². The lowest BCUT2D eigenvalue weighted by atomic mass is 10.2. The molecule has 0 fully saturated rings. The molecule has 0 aliphatic carbocycles. The topological polar surface area (TPSA) is 54.2 Å². The van der Waals surface area contributed by atoms with Crippen LogP contribution >= 0.6 is 23.8 Å². The lowest BCUT2D eigenvalue weighted by Crippen LogP contribution is -2.31. The minimum atomic E-state index is 0.399. The number of rotatable bonds is 4. The van der Waals surface area contributed by atoms with Crippen molar-refractivity contribution >= 4 is 35.1 Å². The third-order valence-electron chi connectivity index (χ3n) is 2.82. The van der Waals surface area contributed by atoms with Crippen LogP contribution in [0.4, 0.5) is 0 Å². The van der Waals surface area contributed by atoms with E-state index >= 15 is 0 Å². The van der Waals surface area contributed by atoms with Crippen LogP contribution in [0.15, 0.2) is 35.4 Å². The van der Waals surface area contributed by atoms with Crippen LogP contribution in [0.1, 0.15) is 18.2 Å². The second-order valence-corrected chi connectivity index (χ2v) is 5.03. The van der Waals surface area contributed by atoms with Crippen LogP contribution < -0.4 is 10.7 Å². The van der Waals surface area contributed by atoms with Gasteiger partial charge in [0.2, 0.25) is 0 Å². The minimum Gasteiger partial charge on any atom is -0.362 e. The van der Waals surface area contributed by atoms with Crippen molar-refractivity contribution in [3.8, 4) is 5.69 Å². The van der Waals surface area contributed by atoms with Gasteiger partial charge in [-0.15, -0.1) is 0 Å². The maximum atomic E-state index is 6.18. The van der Waals surface area contributed by atoms with Crippen molar-refractivity contribution in [3.63, 3.8) is 0 Å². The van der Waals surface area contributed by atoms with Crippen molar-refractivity contribution in [1.29, 1.82) is 0 Å². The number of hydrazone groups is 1. The molecule has 0 aliphatic rings. The first-order valence-corrected chi connectivity index (χ1v) is 7.29. The summed E-state index contributed by atoms with van der Waals surface area (Å²) in [7, 11) is 0. The standard InChI is InChI=1S/C14H16ClN5S/c1-3-16-14(21)18-17-9-12-10(2)20(19-13(12)15)11-7-5-4-6-8-11/h4-9H,3H2,1-2H3,(H2,16,18,21)/b17-9+. The molecule has 5 nitrogen and oxygen atoms in total. The number of aromatic nitrogens is 2. The number of benzene rings is 1. The van der Waals surface area contributed by atoms with Crippen LogP contribution in [-0.4, -0.2) is 27.7 Å². The van der Waals surface area contributed by atoms with Crippen LogP contribution in [0.5, 0.6) is 0 Å². The monoisotopic (exact) mass is 321 g/mol. The fourth-order valence-corrected chi connectivity index (χ4v) is 2.26. The molecule has 2 rings (SSSR count). The molecule has 0 atom stereocenters. The fourth-order valence-electron chi connectivity index (χ4n) is 1.80. The normalized spacial score (nSPS) is 10.8. The summed E-state index contributed by atoms with van der Waals surface area (Å²) in [6, 6.07) is 9.80. The van der Waals surface area contributed by atoms with Gasteiger partial charge in [-0.3, -0.25) is 5.43 Å². The lowest BCUT2D eigenvalue weighted by Gasteiger charge is -2.04. The number of halogens is 1. The van der Waals surface area contributed by atoms with E-state index in [1.165, 1.54) is 0 Å². The molecule has 0 saturated carbocycles. The highest BCUT2D eigenvalue weighted by molar-refractivity contribution is 7.80. The molecule has 21 heavy (non-hydrogen) atoms. The molecule has 0 amide bonds. The van der Waals surface area contributed by atoms with Crippen molar-refractivity contribution in [2.24, 2.45) is 5.10 Å². The average Bonchev–Trinajstić information content (AvgIpc) is 2.76. The van der Waals surface area contributed by atoms with E-state index in [4.69, 9.17) is 23.8 Å². The van der Waals surface area contributed by atoms with Gasteiger partial charge in [0.1, 0.15) is 0 Å². The van der Waals surface area contributed by atoms with Crippen LogP contribution in [0, 0.1) is 6.92 Å². The Morgan fingerprint density at radius 1 is 1.43 bits per heavy atom. The number of para-hydroxylation sites is 1. The Labute approximate surface area is 134 Å². The predicted octanol–water partition coefficient (Wildman–Crippen LogP) is 2.65. The van der Waals surface area contributed by atoms with Gasteiger partial charge in [0.15, 0.2) is 10.3 Å². The Bertz CT molecular complexity index is 651. The summed E-state index contributed by atoms with van der Waals surface area (Å²) in [5.41, 5.74) is 5.35. The van der Waals surface area contributed by atoms with E-state index in [0.717, 1.165) is 23.5 Å². The van der Waals surface area contributed by atoms with Gasteiger partial charge in [-0.25, -0.2) is 4.68 Å². The molecule has 7 heteroatoms. The van der Waals surface area contributed by atoms with Crippen LogP contribution in [0.25, 0.3) is 5.69 Å². The van der Waals surface area contributed by atoms with Gasteiger partial charge in [0, 0.05) is 6.54 Å². The van der Waals surface area contributed by atoms with E-state index in [1.807, 2.05) is 44.2 Å². The predicted molar refractivity (Wildman–Crippen MR) is 90.3 cm³/mol. The SMILES string of the molecule is CCNC(=S)N/N=C/c1c(Cl)nn(-c2ccccc2)c1C. The van der Waals surface area contributed by atoms with E-state index in [0.29, 0.717) is 10.3 Å². The Balaban J connectivity index is 2.20. The smallest absolute Gasteiger partial charge is 0.186 e. The molecule has 0 aliphatic heterocycles. The second kappa shape index (κ2) is 7.19. The summed E-state index contributed by atoms with van der Waals surface area (Å²) in [6.07, 6.45) is 1.62. The van der Waals surface area contributed by atoms with Crippen molar-refractivity contribution in [3.05, 3.63) is 46.7 Å². The third kappa shape index (κ3) is 3.80. The number of hydrogen-bond acceptors (Lipinski definition) is 3. The van der Waals surface area contributed by atoms with Gasteiger partial charge in [-0.2, -0.15) is 10.2 Å². The summed E-state index contributed by atoms with van der Waals surface area (Å²) in [6.45, 7) is 4.64. The molecule has 0 bridgehead atoms. The van der Waals surface area contributed by atoms with Crippen molar-refractivity contribution in [2.45, 2.75) is 13.8 Å². The van der Waals surface area contributed by atoms with E-state index in [-0.39, 0.29) is 0 Å². The Hall–Kier alpha value is -1.92. The molecule has 0 unspecified atom stereocenters. The van der Waals surface area contributed by atoms with Gasteiger partial charge < -0.3 is 5.32 Å². The maximum absolute atomic E-state index is 6.18. The highest BCUT2D eigenvalue weighted by Crippen LogP contribution is 2.20. The maximum Gasteiger partial charge on any atom is 0.186 e. The summed E-state index contributed by atoms with van der Waals surface area (Å²) < 4.78 is 1.78. The Morgan fingerprint density at radius 3 is 2.81 bits per heavy atom. The lowest BCUT2D eigenvalue weighted by molar-refractivity contribution is 0.847.